The predicted molar refractivity (Wildman–Crippen MR) is 89.3 cm³/mol. The van der Waals surface area contributed by atoms with Gasteiger partial charge in [-0.2, -0.15) is 0 Å². The lowest BCUT2D eigenvalue weighted by Gasteiger charge is -2.28. The third kappa shape index (κ3) is 4.71. The molecule has 1 aliphatic rings. The van der Waals surface area contributed by atoms with E-state index in [4.69, 9.17) is 9.47 Å². The van der Waals surface area contributed by atoms with E-state index in [1.807, 2.05) is 32.9 Å². The topological polar surface area (TPSA) is 84.9 Å². The third-order valence-electron chi connectivity index (χ3n) is 4.20. The number of ether oxygens (including phenoxy) is 2. The Hall–Kier alpha value is -2.08. The van der Waals surface area contributed by atoms with E-state index in [0.717, 1.165) is 29.5 Å². The molecule has 2 atom stereocenters. The maximum atomic E-state index is 12.1. The first-order valence-corrected chi connectivity index (χ1v) is 8.19. The van der Waals surface area contributed by atoms with Crippen LogP contribution in [0.5, 0.6) is 5.75 Å². The number of nitrogens with one attached hydrogen (secondary N) is 1. The summed E-state index contributed by atoms with van der Waals surface area (Å²) in [5.74, 6) is -1.01. The minimum absolute atomic E-state index is 0.206. The molecule has 6 heteroatoms. The predicted octanol–water partition coefficient (Wildman–Crippen LogP) is 1.99. The Morgan fingerprint density at radius 3 is 2.54 bits per heavy atom. The fourth-order valence-electron chi connectivity index (χ4n) is 3.16. The van der Waals surface area contributed by atoms with Gasteiger partial charge in [0.15, 0.2) is 6.61 Å². The van der Waals surface area contributed by atoms with Crippen molar-refractivity contribution in [2.75, 3.05) is 19.8 Å². The first kappa shape index (κ1) is 18.3. The van der Waals surface area contributed by atoms with Gasteiger partial charge in [-0.05, 0) is 44.7 Å². The molecule has 0 spiro atoms. The summed E-state index contributed by atoms with van der Waals surface area (Å²) in [5.41, 5.74) is 3.04. The highest BCUT2D eigenvalue weighted by atomic mass is 16.5. The van der Waals surface area contributed by atoms with Crippen LogP contribution in [0.1, 0.15) is 29.5 Å². The van der Waals surface area contributed by atoms with Gasteiger partial charge in [-0.1, -0.05) is 17.7 Å². The fraction of sp³-hybridized carbons (Fsp3) is 0.556. The average molecular weight is 335 g/mol. The monoisotopic (exact) mass is 335 g/mol. The summed E-state index contributed by atoms with van der Waals surface area (Å²) >= 11 is 0. The Balaban J connectivity index is 1.95. The molecule has 1 saturated heterocycles. The molecule has 1 aromatic rings. The standard InChI is InChI=1S/C18H25NO5/c1-11-7-12(2)17(13(3)8-11)24-10-15(20)19-16(18(21)22)14-5-4-6-23-9-14/h7-8,14,16H,4-6,9-10H2,1-3H3,(H,19,20)(H,21,22). The second-order valence-electron chi connectivity index (χ2n) is 6.38. The highest BCUT2D eigenvalue weighted by Gasteiger charge is 2.31. The average Bonchev–Trinajstić information content (AvgIpc) is 2.52. The van der Waals surface area contributed by atoms with Crippen LogP contribution in [0.2, 0.25) is 0 Å². The van der Waals surface area contributed by atoms with E-state index in [1.165, 1.54) is 0 Å². The molecule has 24 heavy (non-hydrogen) atoms. The number of aryl methyl sites for hydroxylation is 3. The van der Waals surface area contributed by atoms with E-state index in [0.29, 0.717) is 19.0 Å². The molecular weight excluding hydrogens is 310 g/mol. The van der Waals surface area contributed by atoms with Gasteiger partial charge in [0.25, 0.3) is 5.91 Å². The van der Waals surface area contributed by atoms with Gasteiger partial charge < -0.3 is 19.9 Å². The number of amides is 1. The zero-order valence-corrected chi connectivity index (χ0v) is 14.4. The fourth-order valence-corrected chi connectivity index (χ4v) is 3.16. The molecule has 2 unspecified atom stereocenters. The summed E-state index contributed by atoms with van der Waals surface area (Å²) in [7, 11) is 0. The SMILES string of the molecule is Cc1cc(C)c(OCC(=O)NC(C(=O)O)C2CCCOC2)c(C)c1. The van der Waals surface area contributed by atoms with Gasteiger partial charge in [0.05, 0.1) is 6.61 Å². The molecule has 0 aliphatic carbocycles. The molecule has 0 saturated carbocycles. The summed E-state index contributed by atoms with van der Waals surface area (Å²) in [4.78, 5) is 23.6. The lowest BCUT2D eigenvalue weighted by atomic mass is 9.93. The molecule has 1 aromatic carbocycles. The normalized spacial score (nSPS) is 18.7. The Kier molecular flexibility index (Phi) is 6.20. The van der Waals surface area contributed by atoms with Crippen LogP contribution in [-0.2, 0) is 14.3 Å². The quantitative estimate of drug-likeness (QED) is 0.830. The minimum Gasteiger partial charge on any atom is -0.483 e. The van der Waals surface area contributed by atoms with Crippen molar-refractivity contribution in [3.63, 3.8) is 0 Å². The van der Waals surface area contributed by atoms with Crippen LogP contribution >= 0.6 is 0 Å². The van der Waals surface area contributed by atoms with E-state index in [9.17, 15) is 14.7 Å². The van der Waals surface area contributed by atoms with Gasteiger partial charge in [0.2, 0.25) is 0 Å². The van der Waals surface area contributed by atoms with Crippen LogP contribution in [0.4, 0.5) is 0 Å². The van der Waals surface area contributed by atoms with E-state index < -0.39 is 17.9 Å². The van der Waals surface area contributed by atoms with Gasteiger partial charge >= 0.3 is 5.97 Å². The van der Waals surface area contributed by atoms with Crippen LogP contribution in [0, 0.1) is 26.7 Å². The molecule has 1 heterocycles. The van der Waals surface area contributed by atoms with E-state index in [1.54, 1.807) is 0 Å². The van der Waals surface area contributed by atoms with Crippen LogP contribution < -0.4 is 10.1 Å². The third-order valence-corrected chi connectivity index (χ3v) is 4.20. The molecule has 2 N–H and O–H groups in total. The summed E-state index contributed by atoms with van der Waals surface area (Å²) < 4.78 is 10.9. The van der Waals surface area contributed by atoms with Crippen LogP contribution in [0.15, 0.2) is 12.1 Å². The van der Waals surface area contributed by atoms with Crippen molar-refractivity contribution in [2.45, 2.75) is 39.7 Å². The molecular formula is C18H25NO5. The van der Waals surface area contributed by atoms with Crippen molar-refractivity contribution in [3.05, 3.63) is 28.8 Å². The minimum atomic E-state index is -1.04. The van der Waals surface area contributed by atoms with Crippen LogP contribution in [-0.4, -0.2) is 42.8 Å². The van der Waals surface area contributed by atoms with E-state index in [2.05, 4.69) is 5.32 Å². The summed E-state index contributed by atoms with van der Waals surface area (Å²) in [6.45, 7) is 6.64. The number of carboxylic acid groups (broad SMARTS) is 1. The molecule has 1 fully saturated rings. The number of aliphatic carboxylic acids is 1. The molecule has 0 aromatic heterocycles. The first-order valence-electron chi connectivity index (χ1n) is 8.19. The van der Waals surface area contributed by atoms with E-state index in [-0.39, 0.29) is 12.5 Å². The molecule has 6 nitrogen and oxygen atoms in total. The maximum absolute atomic E-state index is 12.1. The van der Waals surface area contributed by atoms with Gasteiger partial charge in [-0.25, -0.2) is 4.79 Å². The van der Waals surface area contributed by atoms with Crippen molar-refractivity contribution in [1.29, 1.82) is 0 Å². The lowest BCUT2D eigenvalue weighted by Crippen LogP contribution is -2.49. The summed E-state index contributed by atoms with van der Waals surface area (Å²) in [6.07, 6.45) is 1.54. The molecule has 0 bridgehead atoms. The van der Waals surface area contributed by atoms with Crippen LogP contribution in [0.25, 0.3) is 0 Å². The highest BCUT2D eigenvalue weighted by molar-refractivity contribution is 5.84. The number of carbonyl (C=O) groups is 2. The second-order valence-corrected chi connectivity index (χ2v) is 6.38. The maximum Gasteiger partial charge on any atom is 0.326 e. The lowest BCUT2D eigenvalue weighted by molar-refractivity contribution is -0.145. The molecule has 1 aliphatic heterocycles. The van der Waals surface area contributed by atoms with Crippen LogP contribution in [0.3, 0.4) is 0 Å². The Labute approximate surface area is 142 Å². The summed E-state index contributed by atoms with van der Waals surface area (Å²) in [5, 5.41) is 11.9. The van der Waals surface area contributed by atoms with Gasteiger partial charge in [0.1, 0.15) is 11.8 Å². The van der Waals surface area contributed by atoms with Crippen molar-refractivity contribution in [2.24, 2.45) is 5.92 Å². The summed E-state index contributed by atoms with van der Waals surface area (Å²) in [6, 6.07) is 3.03. The number of benzene rings is 1. The largest absolute Gasteiger partial charge is 0.483 e. The first-order chi connectivity index (χ1) is 11.4. The van der Waals surface area contributed by atoms with Gasteiger partial charge in [0, 0.05) is 12.5 Å². The number of hydrogen-bond acceptors (Lipinski definition) is 4. The number of rotatable bonds is 6. The zero-order valence-electron chi connectivity index (χ0n) is 14.4. The zero-order chi connectivity index (χ0) is 17.7. The Morgan fingerprint density at radius 2 is 2.00 bits per heavy atom. The number of carbonyl (C=O) groups excluding carboxylic acids is 1. The molecule has 132 valence electrons. The molecule has 1 amide bonds. The molecule has 2 rings (SSSR count). The Bertz CT molecular complexity index is 584. The smallest absolute Gasteiger partial charge is 0.326 e. The number of hydrogen-bond donors (Lipinski definition) is 2. The van der Waals surface area contributed by atoms with Gasteiger partial charge in [-0.15, -0.1) is 0 Å². The highest BCUT2D eigenvalue weighted by Crippen LogP contribution is 2.24. The van der Waals surface area contributed by atoms with Crippen molar-refractivity contribution >= 4 is 11.9 Å². The number of carboxylic acids is 1. The van der Waals surface area contributed by atoms with Gasteiger partial charge in [-0.3, -0.25) is 4.79 Å². The van der Waals surface area contributed by atoms with Crippen molar-refractivity contribution in [1.82, 2.24) is 5.32 Å². The van der Waals surface area contributed by atoms with Crippen molar-refractivity contribution in [3.8, 4) is 5.75 Å². The van der Waals surface area contributed by atoms with E-state index >= 15 is 0 Å². The second kappa shape index (κ2) is 8.15. The molecule has 0 radical (unpaired) electrons. The van der Waals surface area contributed by atoms with Crippen molar-refractivity contribution < 1.29 is 24.2 Å². The Morgan fingerprint density at radius 1 is 1.33 bits per heavy atom.